The van der Waals surface area contributed by atoms with Gasteiger partial charge in [0.15, 0.2) is 0 Å². The van der Waals surface area contributed by atoms with Crippen molar-refractivity contribution in [3.63, 3.8) is 0 Å². The monoisotopic (exact) mass is 416 g/mol. The Kier molecular flexibility index (Phi) is 5.39. The van der Waals surface area contributed by atoms with Gasteiger partial charge in [-0.3, -0.25) is 0 Å². The van der Waals surface area contributed by atoms with Gasteiger partial charge < -0.3 is 9.84 Å². The van der Waals surface area contributed by atoms with E-state index in [0.717, 1.165) is 25.5 Å². The van der Waals surface area contributed by atoms with E-state index in [9.17, 15) is 4.79 Å². The molecule has 0 radical (unpaired) electrons. The quantitative estimate of drug-likeness (QED) is 0.700. The Labute approximate surface area is 137 Å². The summed E-state index contributed by atoms with van der Waals surface area (Å²) in [6.07, 6.45) is 2.63. The summed E-state index contributed by atoms with van der Waals surface area (Å²) in [6.45, 7) is 0.499. The second kappa shape index (κ2) is 7.06. The summed E-state index contributed by atoms with van der Waals surface area (Å²) in [7, 11) is 0. The molecule has 1 aromatic carbocycles. The van der Waals surface area contributed by atoms with Gasteiger partial charge in [0.05, 0.1) is 8.95 Å². The zero-order chi connectivity index (χ0) is 14.5. The van der Waals surface area contributed by atoms with E-state index in [2.05, 4.69) is 31.9 Å². The Bertz CT molecular complexity index is 613. The minimum Gasteiger partial charge on any atom is -0.486 e. The average molecular weight is 418 g/mol. The number of carboxylic acids is 1. The molecule has 1 aromatic heterocycles. The smallest absolute Gasteiger partial charge is 0.328 e. The highest BCUT2D eigenvalue weighted by molar-refractivity contribution is 9.11. The molecule has 0 aliphatic rings. The lowest BCUT2D eigenvalue weighted by Gasteiger charge is -2.10. The van der Waals surface area contributed by atoms with E-state index >= 15 is 0 Å². The van der Waals surface area contributed by atoms with Crippen molar-refractivity contribution < 1.29 is 14.6 Å². The molecule has 6 heteroatoms. The zero-order valence-corrected chi connectivity index (χ0v) is 14.2. The second-order valence-electron chi connectivity index (χ2n) is 3.85. The van der Waals surface area contributed by atoms with Crippen molar-refractivity contribution in [3.05, 3.63) is 55.1 Å². The number of benzene rings is 1. The van der Waals surface area contributed by atoms with Gasteiger partial charge in [-0.15, -0.1) is 11.3 Å². The summed E-state index contributed by atoms with van der Waals surface area (Å²) in [5.74, 6) is -0.277. The van der Waals surface area contributed by atoms with Gasteiger partial charge in [-0.2, -0.15) is 0 Å². The van der Waals surface area contributed by atoms with Crippen molar-refractivity contribution in [2.45, 2.75) is 6.61 Å². The van der Waals surface area contributed by atoms with E-state index in [1.807, 2.05) is 29.6 Å². The van der Waals surface area contributed by atoms with E-state index in [-0.39, 0.29) is 0 Å². The second-order valence-corrected chi connectivity index (χ2v) is 6.59. The van der Waals surface area contributed by atoms with Crippen LogP contribution >= 0.6 is 43.2 Å². The molecule has 0 fully saturated rings. The fourth-order valence-corrected chi connectivity index (χ4v) is 3.59. The van der Waals surface area contributed by atoms with Gasteiger partial charge in [0.1, 0.15) is 12.4 Å². The normalized spacial score (nSPS) is 10.9. The van der Waals surface area contributed by atoms with Crippen LogP contribution in [0.25, 0.3) is 6.08 Å². The predicted molar refractivity (Wildman–Crippen MR) is 87.2 cm³/mol. The lowest BCUT2D eigenvalue weighted by molar-refractivity contribution is -0.131. The zero-order valence-electron chi connectivity index (χ0n) is 10.2. The number of thiophene rings is 1. The molecule has 1 heterocycles. The first kappa shape index (κ1) is 15.3. The molecule has 0 saturated carbocycles. The van der Waals surface area contributed by atoms with Crippen molar-refractivity contribution in [3.8, 4) is 5.75 Å². The predicted octanol–water partition coefficient (Wildman–Crippen LogP) is 4.95. The highest BCUT2D eigenvalue weighted by atomic mass is 79.9. The van der Waals surface area contributed by atoms with Crippen molar-refractivity contribution in [1.29, 1.82) is 0 Å². The van der Waals surface area contributed by atoms with Crippen LogP contribution in [-0.2, 0) is 11.4 Å². The summed E-state index contributed by atoms with van der Waals surface area (Å²) < 4.78 is 7.31. The Morgan fingerprint density at radius 1 is 1.35 bits per heavy atom. The van der Waals surface area contributed by atoms with E-state index in [1.54, 1.807) is 11.3 Å². The van der Waals surface area contributed by atoms with Gasteiger partial charge in [0, 0.05) is 11.0 Å². The molecule has 2 aromatic rings. The van der Waals surface area contributed by atoms with Crippen LogP contribution in [-0.4, -0.2) is 11.1 Å². The summed E-state index contributed by atoms with van der Waals surface area (Å²) >= 11 is 8.51. The number of carboxylic acid groups (broad SMARTS) is 1. The van der Waals surface area contributed by atoms with Gasteiger partial charge >= 0.3 is 5.97 Å². The topological polar surface area (TPSA) is 46.5 Å². The number of carbonyl (C=O) groups is 1. The van der Waals surface area contributed by atoms with Crippen LogP contribution < -0.4 is 4.74 Å². The number of hydrogen-bond acceptors (Lipinski definition) is 3. The number of halogens is 2. The molecule has 1 N–H and O–H groups in total. The molecule has 3 nitrogen and oxygen atoms in total. The lowest BCUT2D eigenvalue weighted by atomic mass is 10.2. The van der Waals surface area contributed by atoms with Crippen LogP contribution in [0.1, 0.15) is 10.4 Å². The summed E-state index contributed by atoms with van der Waals surface area (Å²) in [6, 6.07) is 7.62. The molecule has 20 heavy (non-hydrogen) atoms. The number of aliphatic carboxylic acids is 1. The minimum absolute atomic E-state index is 0.499. The Balaban J connectivity index is 2.16. The average Bonchev–Trinajstić information content (AvgIpc) is 2.88. The van der Waals surface area contributed by atoms with Crippen molar-refractivity contribution in [1.82, 2.24) is 0 Å². The maximum atomic E-state index is 10.5. The molecule has 104 valence electrons. The van der Waals surface area contributed by atoms with Crippen LogP contribution in [0.4, 0.5) is 0 Å². The Hall–Kier alpha value is -1.11. The summed E-state index contributed by atoms with van der Waals surface area (Å²) in [5.41, 5.74) is 0.773. The maximum Gasteiger partial charge on any atom is 0.328 e. The van der Waals surface area contributed by atoms with E-state index in [4.69, 9.17) is 9.84 Å². The van der Waals surface area contributed by atoms with Crippen molar-refractivity contribution in [2.75, 3.05) is 0 Å². The first-order valence-corrected chi connectivity index (χ1v) is 8.08. The van der Waals surface area contributed by atoms with E-state index in [1.165, 1.54) is 6.08 Å². The molecule has 0 amide bonds. The SMILES string of the molecule is O=C(O)/C=C/c1cc(Br)c(OCc2cccs2)c(Br)c1. The van der Waals surface area contributed by atoms with E-state index < -0.39 is 5.97 Å². The molecule has 0 unspecified atom stereocenters. The third-order valence-electron chi connectivity index (χ3n) is 2.38. The highest BCUT2D eigenvalue weighted by Crippen LogP contribution is 2.35. The maximum absolute atomic E-state index is 10.5. The van der Waals surface area contributed by atoms with Gasteiger partial charge in [-0.1, -0.05) is 6.07 Å². The van der Waals surface area contributed by atoms with Crippen molar-refractivity contribution >= 4 is 55.2 Å². The first-order chi connectivity index (χ1) is 9.56. The van der Waals surface area contributed by atoms with Crippen LogP contribution in [0, 0.1) is 0 Å². The lowest BCUT2D eigenvalue weighted by Crippen LogP contribution is -1.95. The van der Waals surface area contributed by atoms with Crippen LogP contribution in [0.15, 0.2) is 44.7 Å². The molecule has 0 bridgehead atoms. The fourth-order valence-electron chi connectivity index (χ4n) is 1.52. The molecule has 0 aliphatic carbocycles. The number of hydrogen-bond donors (Lipinski definition) is 1. The minimum atomic E-state index is -0.977. The summed E-state index contributed by atoms with van der Waals surface area (Å²) in [5, 5.41) is 10.6. The molecular formula is C14H10Br2O3S. The van der Waals surface area contributed by atoms with Crippen LogP contribution in [0.2, 0.25) is 0 Å². The van der Waals surface area contributed by atoms with Gasteiger partial charge in [0.2, 0.25) is 0 Å². The van der Waals surface area contributed by atoms with E-state index in [0.29, 0.717) is 12.4 Å². The first-order valence-electron chi connectivity index (χ1n) is 5.61. The van der Waals surface area contributed by atoms with Crippen LogP contribution in [0.3, 0.4) is 0 Å². The molecule has 0 atom stereocenters. The fraction of sp³-hybridized carbons (Fsp3) is 0.0714. The van der Waals surface area contributed by atoms with Gasteiger partial charge in [0.25, 0.3) is 0 Å². The molecular weight excluding hydrogens is 408 g/mol. The Morgan fingerprint density at radius 2 is 2.05 bits per heavy atom. The number of ether oxygens (including phenoxy) is 1. The van der Waals surface area contributed by atoms with Gasteiger partial charge in [-0.25, -0.2) is 4.79 Å². The molecule has 0 saturated heterocycles. The van der Waals surface area contributed by atoms with Crippen LogP contribution in [0.5, 0.6) is 5.75 Å². The molecule has 2 rings (SSSR count). The highest BCUT2D eigenvalue weighted by Gasteiger charge is 2.09. The summed E-state index contributed by atoms with van der Waals surface area (Å²) in [4.78, 5) is 11.6. The standard InChI is InChI=1S/C14H10Br2O3S/c15-11-6-9(3-4-13(17)18)7-12(16)14(11)19-8-10-2-1-5-20-10/h1-7H,8H2,(H,17,18)/b4-3+. The van der Waals surface area contributed by atoms with Gasteiger partial charge in [-0.05, 0) is 67.1 Å². The number of rotatable bonds is 5. The third kappa shape index (κ3) is 4.19. The Morgan fingerprint density at radius 3 is 2.60 bits per heavy atom. The largest absolute Gasteiger partial charge is 0.486 e. The van der Waals surface area contributed by atoms with Crippen molar-refractivity contribution in [2.24, 2.45) is 0 Å². The molecule has 0 spiro atoms. The third-order valence-corrected chi connectivity index (χ3v) is 4.41. The molecule has 0 aliphatic heterocycles.